The Morgan fingerprint density at radius 1 is 0.808 bits per heavy atom. The van der Waals surface area contributed by atoms with E-state index in [1.807, 2.05) is 42.5 Å². The van der Waals surface area contributed by atoms with Crippen LogP contribution in [0.2, 0.25) is 0 Å². The van der Waals surface area contributed by atoms with Crippen LogP contribution in [0, 0.1) is 5.92 Å². The fourth-order valence-electron chi connectivity index (χ4n) is 3.17. The van der Waals surface area contributed by atoms with Gasteiger partial charge in [-0.15, -0.1) is 0 Å². The fraction of sp³-hybridized carbons (Fsp3) is 0.348. The second kappa shape index (κ2) is 10.0. The molecular formula is C23H26O3. The van der Waals surface area contributed by atoms with Crippen molar-refractivity contribution in [3.63, 3.8) is 0 Å². The Kier molecular flexibility index (Phi) is 7.17. The number of carbonyl (C=O) groups is 1. The first-order valence-electron chi connectivity index (χ1n) is 9.28. The van der Waals surface area contributed by atoms with E-state index in [1.165, 1.54) is 16.7 Å². The number of ketones is 1. The molecule has 26 heavy (non-hydrogen) atoms. The van der Waals surface area contributed by atoms with E-state index >= 15 is 0 Å². The van der Waals surface area contributed by atoms with Crippen LogP contribution < -0.4 is 0 Å². The van der Waals surface area contributed by atoms with E-state index in [-0.39, 0.29) is 11.7 Å². The second-order valence-electron chi connectivity index (χ2n) is 6.72. The summed E-state index contributed by atoms with van der Waals surface area (Å²) in [6.07, 6.45) is 4.28. The smallest absolute Gasteiger partial charge is 0.159 e. The highest BCUT2D eigenvalue weighted by molar-refractivity contribution is 5.95. The molecule has 0 aromatic heterocycles. The number of hydrogen-bond acceptors (Lipinski definition) is 3. The van der Waals surface area contributed by atoms with Crippen LogP contribution in [0.3, 0.4) is 0 Å². The quantitative estimate of drug-likeness (QED) is 0.582. The van der Waals surface area contributed by atoms with Gasteiger partial charge in [0.1, 0.15) is 0 Å². The first-order chi connectivity index (χ1) is 12.8. The van der Waals surface area contributed by atoms with E-state index in [0.717, 1.165) is 19.3 Å². The number of benzene rings is 2. The number of carbonyl (C=O) groups excluding carboxylic acids is 1. The lowest BCUT2D eigenvalue weighted by Crippen LogP contribution is -2.10. The minimum absolute atomic E-state index is 0.0786. The molecule has 0 aliphatic heterocycles. The number of ether oxygens (including phenoxy) is 2. The van der Waals surface area contributed by atoms with E-state index in [9.17, 15) is 4.79 Å². The lowest BCUT2D eigenvalue weighted by atomic mass is 10.0. The van der Waals surface area contributed by atoms with Crippen LogP contribution >= 0.6 is 0 Å². The molecule has 0 bridgehead atoms. The largest absolute Gasteiger partial charge is 0.377 e. The fourth-order valence-corrected chi connectivity index (χ4v) is 3.17. The van der Waals surface area contributed by atoms with Crippen LogP contribution in [0.1, 0.15) is 30.4 Å². The van der Waals surface area contributed by atoms with Gasteiger partial charge in [-0.3, -0.25) is 4.79 Å². The van der Waals surface area contributed by atoms with Crippen LogP contribution in [0.4, 0.5) is 0 Å². The van der Waals surface area contributed by atoms with Crippen LogP contribution in [-0.2, 0) is 27.5 Å². The molecular weight excluding hydrogens is 324 g/mol. The van der Waals surface area contributed by atoms with Gasteiger partial charge in [-0.05, 0) is 36.5 Å². The topological polar surface area (TPSA) is 35.5 Å². The third kappa shape index (κ3) is 5.94. The average molecular weight is 350 g/mol. The van der Waals surface area contributed by atoms with Gasteiger partial charge in [0.05, 0.1) is 19.8 Å². The van der Waals surface area contributed by atoms with Gasteiger partial charge in [0.15, 0.2) is 5.78 Å². The van der Waals surface area contributed by atoms with Gasteiger partial charge >= 0.3 is 0 Å². The molecule has 136 valence electrons. The Hall–Kier alpha value is -2.23. The molecule has 0 N–H and O–H groups in total. The maximum absolute atomic E-state index is 12.1. The number of allylic oxidation sites excluding steroid dienone is 1. The molecule has 0 fully saturated rings. The van der Waals surface area contributed by atoms with Gasteiger partial charge in [-0.2, -0.15) is 0 Å². The minimum Gasteiger partial charge on any atom is -0.377 e. The first kappa shape index (κ1) is 18.6. The molecule has 0 saturated carbocycles. The number of rotatable bonds is 10. The molecule has 0 heterocycles. The van der Waals surface area contributed by atoms with Crippen molar-refractivity contribution in [2.45, 2.75) is 32.5 Å². The van der Waals surface area contributed by atoms with Crippen molar-refractivity contribution in [1.82, 2.24) is 0 Å². The average Bonchev–Trinajstić information content (AvgIpc) is 3.04. The third-order valence-corrected chi connectivity index (χ3v) is 4.66. The van der Waals surface area contributed by atoms with E-state index in [1.54, 1.807) is 0 Å². The van der Waals surface area contributed by atoms with E-state index in [0.29, 0.717) is 26.4 Å². The van der Waals surface area contributed by atoms with Crippen molar-refractivity contribution in [3.05, 3.63) is 83.4 Å². The molecule has 3 heteroatoms. The zero-order valence-corrected chi connectivity index (χ0v) is 15.1. The van der Waals surface area contributed by atoms with E-state index in [4.69, 9.17) is 9.47 Å². The highest BCUT2D eigenvalue weighted by Crippen LogP contribution is 2.27. The summed E-state index contributed by atoms with van der Waals surface area (Å²) in [7, 11) is 0. The molecule has 0 spiro atoms. The maximum Gasteiger partial charge on any atom is 0.159 e. The molecule has 1 aliphatic rings. The molecule has 0 amide bonds. The molecule has 0 radical (unpaired) electrons. The molecule has 1 atom stereocenters. The first-order valence-corrected chi connectivity index (χ1v) is 9.28. The van der Waals surface area contributed by atoms with Crippen molar-refractivity contribution < 1.29 is 14.3 Å². The summed E-state index contributed by atoms with van der Waals surface area (Å²) >= 11 is 0. The second-order valence-corrected chi connectivity index (χ2v) is 6.72. The SMILES string of the molecule is O=C1C=C(CCOCc2ccccc2)CC1CCOCc1ccccc1. The van der Waals surface area contributed by atoms with Crippen molar-refractivity contribution in [3.8, 4) is 0 Å². The predicted octanol–water partition coefficient (Wildman–Crippen LogP) is 4.72. The zero-order valence-electron chi connectivity index (χ0n) is 15.1. The van der Waals surface area contributed by atoms with Crippen molar-refractivity contribution in [2.75, 3.05) is 13.2 Å². The highest BCUT2D eigenvalue weighted by atomic mass is 16.5. The van der Waals surface area contributed by atoms with Crippen LogP contribution in [0.5, 0.6) is 0 Å². The van der Waals surface area contributed by atoms with Gasteiger partial charge in [-0.25, -0.2) is 0 Å². The zero-order chi connectivity index (χ0) is 18.0. The Morgan fingerprint density at radius 2 is 1.38 bits per heavy atom. The Balaban J connectivity index is 1.29. The summed E-state index contributed by atoms with van der Waals surface area (Å²) in [5.41, 5.74) is 3.55. The van der Waals surface area contributed by atoms with Gasteiger partial charge in [0.2, 0.25) is 0 Å². The summed E-state index contributed by atoms with van der Waals surface area (Å²) in [6, 6.07) is 20.3. The standard InChI is InChI=1S/C23H26O3/c24-23-16-21(11-13-25-17-19-7-3-1-4-8-19)15-22(23)12-14-26-18-20-9-5-2-6-10-20/h1-10,16,22H,11-15,17-18H2. The van der Waals surface area contributed by atoms with Crippen molar-refractivity contribution in [2.24, 2.45) is 5.92 Å². The Morgan fingerprint density at radius 3 is 2.00 bits per heavy atom. The number of hydrogen-bond donors (Lipinski definition) is 0. The highest BCUT2D eigenvalue weighted by Gasteiger charge is 2.24. The predicted molar refractivity (Wildman–Crippen MR) is 103 cm³/mol. The van der Waals surface area contributed by atoms with E-state index < -0.39 is 0 Å². The molecule has 1 unspecified atom stereocenters. The minimum atomic E-state index is 0.0786. The normalized spacial score (nSPS) is 16.7. The summed E-state index contributed by atoms with van der Waals surface area (Å²) in [6.45, 7) is 2.51. The molecule has 1 aliphatic carbocycles. The van der Waals surface area contributed by atoms with Crippen LogP contribution in [-0.4, -0.2) is 19.0 Å². The van der Waals surface area contributed by atoms with Gasteiger partial charge in [0, 0.05) is 12.5 Å². The van der Waals surface area contributed by atoms with E-state index in [2.05, 4.69) is 24.3 Å². The lowest BCUT2D eigenvalue weighted by molar-refractivity contribution is -0.118. The van der Waals surface area contributed by atoms with Gasteiger partial charge in [0.25, 0.3) is 0 Å². The molecule has 3 rings (SSSR count). The van der Waals surface area contributed by atoms with Gasteiger partial charge in [-0.1, -0.05) is 66.2 Å². The Labute approximate surface area is 155 Å². The summed E-state index contributed by atoms with van der Waals surface area (Å²) < 4.78 is 11.4. The third-order valence-electron chi connectivity index (χ3n) is 4.66. The van der Waals surface area contributed by atoms with Crippen molar-refractivity contribution >= 4 is 5.78 Å². The summed E-state index contributed by atoms with van der Waals surface area (Å²) in [5.74, 6) is 0.321. The lowest BCUT2D eigenvalue weighted by Gasteiger charge is -2.10. The van der Waals surface area contributed by atoms with Crippen LogP contribution in [0.25, 0.3) is 0 Å². The summed E-state index contributed by atoms with van der Waals surface area (Å²) in [5, 5.41) is 0. The van der Waals surface area contributed by atoms with Crippen LogP contribution in [0.15, 0.2) is 72.3 Å². The molecule has 2 aromatic rings. The maximum atomic E-state index is 12.1. The molecule has 2 aromatic carbocycles. The monoisotopic (exact) mass is 350 g/mol. The molecule has 0 saturated heterocycles. The summed E-state index contributed by atoms with van der Waals surface area (Å²) in [4.78, 5) is 12.1. The van der Waals surface area contributed by atoms with Crippen molar-refractivity contribution in [1.29, 1.82) is 0 Å². The Bertz CT molecular complexity index is 707. The van der Waals surface area contributed by atoms with Gasteiger partial charge < -0.3 is 9.47 Å². The molecule has 3 nitrogen and oxygen atoms in total.